The van der Waals surface area contributed by atoms with Crippen LogP contribution in [-0.4, -0.2) is 31.8 Å². The van der Waals surface area contributed by atoms with Gasteiger partial charge in [-0.25, -0.2) is 18.9 Å². The highest BCUT2D eigenvalue weighted by Gasteiger charge is 2.24. The Morgan fingerprint density at radius 1 is 1.09 bits per heavy atom. The van der Waals surface area contributed by atoms with Crippen molar-refractivity contribution < 1.29 is 9.18 Å². The molecule has 5 rings (SSSR count). The first kappa shape index (κ1) is 21.1. The molecule has 168 valence electrons. The zero-order valence-electron chi connectivity index (χ0n) is 18.3. The van der Waals surface area contributed by atoms with Gasteiger partial charge in [-0.3, -0.25) is 10.3 Å². The monoisotopic (exact) mass is 444 g/mol. The number of urea groups is 1. The van der Waals surface area contributed by atoms with Gasteiger partial charge in [0.2, 0.25) is 0 Å². The quantitative estimate of drug-likeness (QED) is 0.458. The number of nitrogens with one attached hydrogen (secondary N) is 2. The molecule has 1 aliphatic rings. The second-order valence-electron chi connectivity index (χ2n) is 8.55. The van der Waals surface area contributed by atoms with E-state index in [0.29, 0.717) is 11.7 Å². The number of carbonyl (C=O) groups is 1. The van der Waals surface area contributed by atoms with E-state index in [9.17, 15) is 9.18 Å². The fraction of sp³-hybridized carbons (Fsp3) is 0.280. The fourth-order valence-electron chi connectivity index (χ4n) is 4.56. The Morgan fingerprint density at radius 3 is 2.76 bits per heavy atom. The number of halogens is 1. The average molecular weight is 445 g/mol. The Labute approximate surface area is 191 Å². The summed E-state index contributed by atoms with van der Waals surface area (Å²) in [6, 6.07) is 12.1. The van der Waals surface area contributed by atoms with Crippen LogP contribution in [0.2, 0.25) is 0 Å². The first-order valence-corrected chi connectivity index (χ1v) is 11.1. The number of fused-ring (bicyclic) bond motifs is 1. The van der Waals surface area contributed by atoms with Crippen LogP contribution in [0.25, 0.3) is 16.6 Å². The van der Waals surface area contributed by atoms with Gasteiger partial charge in [-0.2, -0.15) is 5.10 Å². The molecule has 0 bridgehead atoms. The number of hydrogen-bond donors (Lipinski definition) is 2. The number of rotatable bonds is 4. The van der Waals surface area contributed by atoms with Gasteiger partial charge in [0.25, 0.3) is 0 Å². The number of hydrogen-bond acceptors (Lipinski definition) is 4. The summed E-state index contributed by atoms with van der Waals surface area (Å²) in [5.74, 6) is 0.563. The normalized spacial score (nSPS) is 18.2. The maximum atomic E-state index is 13.2. The number of nitrogens with zero attached hydrogens (tertiary/aromatic N) is 4. The van der Waals surface area contributed by atoms with Crippen LogP contribution in [0.4, 0.5) is 15.0 Å². The molecule has 1 fully saturated rings. The number of anilines is 1. The minimum absolute atomic E-state index is 0.0650. The zero-order valence-corrected chi connectivity index (χ0v) is 18.3. The molecular weight excluding hydrogens is 419 g/mol. The lowest BCUT2D eigenvalue weighted by Gasteiger charge is -2.30. The summed E-state index contributed by atoms with van der Waals surface area (Å²) in [6.45, 7) is 1.93. The van der Waals surface area contributed by atoms with Crippen LogP contribution in [0, 0.1) is 12.7 Å². The topological polar surface area (TPSA) is 84.7 Å². The molecule has 0 spiro atoms. The van der Waals surface area contributed by atoms with Gasteiger partial charge >= 0.3 is 6.03 Å². The lowest BCUT2D eigenvalue weighted by molar-refractivity contribution is 0.242. The fourth-order valence-corrected chi connectivity index (χ4v) is 4.56. The second kappa shape index (κ2) is 8.97. The average Bonchev–Trinajstić information content (AvgIpc) is 3.23. The van der Waals surface area contributed by atoms with E-state index in [2.05, 4.69) is 25.7 Å². The minimum atomic E-state index is -0.274. The van der Waals surface area contributed by atoms with Crippen molar-refractivity contribution in [3.05, 3.63) is 78.1 Å². The Balaban J connectivity index is 1.24. The lowest BCUT2D eigenvalue weighted by atomic mass is 9.81. The van der Waals surface area contributed by atoms with E-state index in [1.807, 2.05) is 37.3 Å². The van der Waals surface area contributed by atoms with Crippen molar-refractivity contribution in [2.75, 3.05) is 5.32 Å². The predicted molar refractivity (Wildman–Crippen MR) is 125 cm³/mol. The Kier molecular flexibility index (Phi) is 5.73. The minimum Gasteiger partial charge on any atom is -0.335 e. The first-order valence-electron chi connectivity index (χ1n) is 11.1. The second-order valence-corrected chi connectivity index (χ2v) is 8.55. The molecule has 0 aliphatic heterocycles. The number of benzene rings is 1. The largest absolute Gasteiger partial charge is 0.335 e. The van der Waals surface area contributed by atoms with Crippen LogP contribution < -0.4 is 10.6 Å². The van der Waals surface area contributed by atoms with E-state index in [1.165, 1.54) is 12.1 Å². The number of pyridine rings is 2. The van der Waals surface area contributed by atoms with Crippen molar-refractivity contribution in [3.63, 3.8) is 0 Å². The van der Waals surface area contributed by atoms with Gasteiger partial charge < -0.3 is 5.32 Å². The molecule has 8 heteroatoms. The summed E-state index contributed by atoms with van der Waals surface area (Å²) in [7, 11) is 0. The molecule has 1 aromatic carbocycles. The number of carbonyl (C=O) groups excluding carboxylic acids is 1. The van der Waals surface area contributed by atoms with Crippen LogP contribution in [0.3, 0.4) is 0 Å². The molecule has 1 aliphatic carbocycles. The van der Waals surface area contributed by atoms with Crippen molar-refractivity contribution in [1.82, 2.24) is 25.1 Å². The van der Waals surface area contributed by atoms with E-state index in [1.54, 1.807) is 23.3 Å². The molecule has 0 saturated heterocycles. The summed E-state index contributed by atoms with van der Waals surface area (Å²) in [5, 5.41) is 11.3. The molecule has 3 aromatic heterocycles. The van der Waals surface area contributed by atoms with Gasteiger partial charge in [-0.05, 0) is 68.0 Å². The van der Waals surface area contributed by atoms with Gasteiger partial charge in [0.05, 0.1) is 23.6 Å². The first-order chi connectivity index (χ1) is 16.0. The van der Waals surface area contributed by atoms with Gasteiger partial charge in [0, 0.05) is 23.3 Å². The molecular formula is C25H25FN6O. The van der Waals surface area contributed by atoms with E-state index >= 15 is 0 Å². The summed E-state index contributed by atoms with van der Waals surface area (Å²) < 4.78 is 15.0. The summed E-state index contributed by atoms with van der Waals surface area (Å²) in [4.78, 5) is 21.3. The summed E-state index contributed by atoms with van der Waals surface area (Å²) in [5.41, 5.74) is 3.78. The molecule has 1 saturated carbocycles. The third-order valence-electron chi connectivity index (χ3n) is 6.17. The van der Waals surface area contributed by atoms with E-state index in [0.717, 1.165) is 53.5 Å². The molecule has 3 heterocycles. The number of aryl methyl sites for hydroxylation is 1. The molecule has 4 aromatic rings. The van der Waals surface area contributed by atoms with Gasteiger partial charge in [-0.15, -0.1) is 0 Å². The van der Waals surface area contributed by atoms with Crippen LogP contribution in [0.15, 0.2) is 61.1 Å². The van der Waals surface area contributed by atoms with Gasteiger partial charge in [-0.1, -0.05) is 18.6 Å². The third-order valence-corrected chi connectivity index (χ3v) is 6.17. The highest BCUT2D eigenvalue weighted by molar-refractivity contribution is 5.91. The van der Waals surface area contributed by atoms with E-state index in [-0.39, 0.29) is 17.9 Å². The molecule has 2 N–H and O–H groups in total. The summed E-state index contributed by atoms with van der Waals surface area (Å²) in [6.07, 6.45) is 9.04. The standard InChI is InChI=1S/C25H25FN6O/c1-16-11-22(9-10-27-16)32-23-15-28-24(13-19(23)14-29-32)31-25(33)30-21-4-2-3-18(12-21)17-5-7-20(26)8-6-17/h5-11,13-15,18,21H,2-4,12H2,1H3,(H2,28,30,31,33). The van der Waals surface area contributed by atoms with Crippen LogP contribution in [-0.2, 0) is 0 Å². The van der Waals surface area contributed by atoms with Crippen LogP contribution in [0.5, 0.6) is 0 Å². The van der Waals surface area contributed by atoms with E-state index in [4.69, 9.17) is 0 Å². The third kappa shape index (κ3) is 4.69. The highest BCUT2D eigenvalue weighted by Crippen LogP contribution is 2.33. The Morgan fingerprint density at radius 2 is 1.94 bits per heavy atom. The molecule has 2 atom stereocenters. The summed E-state index contributed by atoms with van der Waals surface area (Å²) >= 11 is 0. The van der Waals surface area contributed by atoms with Crippen molar-refractivity contribution >= 4 is 22.8 Å². The number of amides is 2. The molecule has 33 heavy (non-hydrogen) atoms. The molecule has 2 amide bonds. The van der Waals surface area contributed by atoms with Crippen molar-refractivity contribution in [3.8, 4) is 5.69 Å². The smallest absolute Gasteiger partial charge is 0.320 e. The van der Waals surface area contributed by atoms with Gasteiger partial charge in [0.15, 0.2) is 0 Å². The van der Waals surface area contributed by atoms with Crippen LogP contribution in [0.1, 0.15) is 42.9 Å². The van der Waals surface area contributed by atoms with Crippen molar-refractivity contribution in [2.45, 2.75) is 44.6 Å². The van der Waals surface area contributed by atoms with Crippen molar-refractivity contribution in [2.24, 2.45) is 0 Å². The Hall–Kier alpha value is -3.81. The van der Waals surface area contributed by atoms with Gasteiger partial charge in [0.1, 0.15) is 11.6 Å². The maximum Gasteiger partial charge on any atom is 0.320 e. The lowest BCUT2D eigenvalue weighted by Crippen LogP contribution is -2.40. The van der Waals surface area contributed by atoms with Crippen molar-refractivity contribution in [1.29, 1.82) is 0 Å². The van der Waals surface area contributed by atoms with Crippen LogP contribution >= 0.6 is 0 Å². The zero-order chi connectivity index (χ0) is 22.8. The van der Waals surface area contributed by atoms with E-state index < -0.39 is 0 Å². The number of aromatic nitrogens is 4. The maximum absolute atomic E-state index is 13.2. The Bertz CT molecular complexity index is 1290. The molecule has 2 unspecified atom stereocenters. The highest BCUT2D eigenvalue weighted by atomic mass is 19.1. The SMILES string of the molecule is Cc1cc(-n2ncc3cc(NC(=O)NC4CCCC(c5ccc(F)cc5)C4)ncc32)ccn1. The molecule has 0 radical (unpaired) electrons. The predicted octanol–water partition coefficient (Wildman–Crippen LogP) is 5.11. The molecule has 7 nitrogen and oxygen atoms in total.